The summed E-state index contributed by atoms with van der Waals surface area (Å²) in [6, 6.07) is 9.71. The van der Waals surface area contributed by atoms with Crippen LogP contribution in [0.15, 0.2) is 59.9 Å². The van der Waals surface area contributed by atoms with Crippen molar-refractivity contribution in [3.63, 3.8) is 0 Å². The van der Waals surface area contributed by atoms with Crippen LogP contribution in [0.3, 0.4) is 0 Å². The van der Waals surface area contributed by atoms with Crippen LogP contribution in [0.2, 0.25) is 0 Å². The molecule has 0 saturated heterocycles. The van der Waals surface area contributed by atoms with E-state index in [9.17, 15) is 8.42 Å². The standard InChI is InChI=1S/C14H12N2O3S/c1-19-12-2-4-13(5-3-12)20(17,18)16-9-7-11-10-15-8-6-14(11)16/h2-10H,1H3. The van der Waals surface area contributed by atoms with Gasteiger partial charge in [-0.25, -0.2) is 12.4 Å². The number of hydrogen-bond donors (Lipinski definition) is 0. The van der Waals surface area contributed by atoms with Crippen LogP contribution in [0.1, 0.15) is 0 Å². The van der Waals surface area contributed by atoms with Crippen LogP contribution in [-0.4, -0.2) is 24.5 Å². The Balaban J connectivity index is 2.15. The average Bonchev–Trinajstić information content (AvgIpc) is 2.92. The number of fused-ring (bicyclic) bond motifs is 1. The van der Waals surface area contributed by atoms with Crippen molar-refractivity contribution in [3.05, 3.63) is 55.0 Å². The second kappa shape index (κ2) is 4.64. The monoisotopic (exact) mass is 288 g/mol. The Kier molecular flexibility index (Phi) is 2.94. The first-order chi connectivity index (χ1) is 9.63. The van der Waals surface area contributed by atoms with Gasteiger partial charge in [-0.3, -0.25) is 4.98 Å². The van der Waals surface area contributed by atoms with Crippen molar-refractivity contribution in [3.8, 4) is 5.75 Å². The molecule has 0 radical (unpaired) electrons. The van der Waals surface area contributed by atoms with Gasteiger partial charge in [0.15, 0.2) is 0 Å². The SMILES string of the molecule is COc1ccc(S(=O)(=O)n2ccc3cnccc32)cc1. The number of pyridine rings is 1. The molecule has 3 rings (SSSR count). The van der Waals surface area contributed by atoms with Crippen LogP contribution in [0.25, 0.3) is 10.9 Å². The van der Waals surface area contributed by atoms with Crippen LogP contribution >= 0.6 is 0 Å². The molecule has 0 aliphatic rings. The molecular formula is C14H12N2O3S. The molecule has 0 saturated carbocycles. The van der Waals surface area contributed by atoms with E-state index in [1.807, 2.05) is 0 Å². The minimum Gasteiger partial charge on any atom is -0.497 e. The first-order valence-corrected chi connectivity index (χ1v) is 7.37. The summed E-state index contributed by atoms with van der Waals surface area (Å²) >= 11 is 0. The molecule has 0 aliphatic carbocycles. The van der Waals surface area contributed by atoms with Gasteiger partial charge in [-0.1, -0.05) is 0 Å². The Morgan fingerprint density at radius 1 is 1.10 bits per heavy atom. The molecule has 2 heterocycles. The van der Waals surface area contributed by atoms with Gasteiger partial charge in [0, 0.05) is 24.0 Å². The molecular weight excluding hydrogens is 276 g/mol. The molecule has 102 valence electrons. The number of rotatable bonds is 3. The second-order valence-electron chi connectivity index (χ2n) is 4.23. The lowest BCUT2D eigenvalue weighted by molar-refractivity contribution is 0.414. The maximum absolute atomic E-state index is 12.6. The Labute approximate surface area is 116 Å². The number of methoxy groups -OCH3 is 1. The van der Waals surface area contributed by atoms with Gasteiger partial charge < -0.3 is 4.74 Å². The zero-order valence-corrected chi connectivity index (χ0v) is 11.5. The number of benzene rings is 1. The minimum absolute atomic E-state index is 0.215. The fraction of sp³-hybridized carbons (Fsp3) is 0.0714. The summed E-state index contributed by atoms with van der Waals surface area (Å²) < 4.78 is 31.5. The van der Waals surface area contributed by atoms with E-state index in [1.54, 1.807) is 36.7 Å². The molecule has 1 aromatic carbocycles. The third-order valence-corrected chi connectivity index (χ3v) is 4.78. The van der Waals surface area contributed by atoms with Crippen molar-refractivity contribution >= 4 is 20.9 Å². The highest BCUT2D eigenvalue weighted by Gasteiger charge is 2.18. The predicted octanol–water partition coefficient (Wildman–Crippen LogP) is 2.28. The lowest BCUT2D eigenvalue weighted by Gasteiger charge is -2.08. The zero-order chi connectivity index (χ0) is 14.2. The second-order valence-corrected chi connectivity index (χ2v) is 6.04. The molecule has 0 spiro atoms. The third kappa shape index (κ3) is 1.94. The summed E-state index contributed by atoms with van der Waals surface area (Å²) in [4.78, 5) is 4.19. The highest BCUT2D eigenvalue weighted by atomic mass is 32.2. The maximum Gasteiger partial charge on any atom is 0.268 e. The molecule has 0 bridgehead atoms. The highest BCUT2D eigenvalue weighted by Crippen LogP contribution is 2.22. The van der Waals surface area contributed by atoms with Crippen LogP contribution in [-0.2, 0) is 10.0 Å². The first kappa shape index (κ1) is 12.7. The van der Waals surface area contributed by atoms with E-state index in [2.05, 4.69) is 4.98 Å². The molecule has 0 N–H and O–H groups in total. The lowest BCUT2D eigenvalue weighted by Crippen LogP contribution is -2.11. The van der Waals surface area contributed by atoms with Crippen LogP contribution in [0, 0.1) is 0 Å². The fourth-order valence-corrected chi connectivity index (χ4v) is 3.38. The van der Waals surface area contributed by atoms with Crippen LogP contribution in [0.4, 0.5) is 0 Å². The van der Waals surface area contributed by atoms with Crippen molar-refractivity contribution in [2.45, 2.75) is 4.90 Å². The Bertz CT molecular complexity index is 852. The molecule has 0 atom stereocenters. The highest BCUT2D eigenvalue weighted by molar-refractivity contribution is 7.90. The van der Waals surface area contributed by atoms with Crippen LogP contribution in [0.5, 0.6) is 5.75 Å². The summed E-state index contributed by atoms with van der Waals surface area (Å²) in [5.74, 6) is 0.616. The van der Waals surface area contributed by atoms with Gasteiger partial charge in [-0.05, 0) is 36.4 Å². The first-order valence-electron chi connectivity index (χ1n) is 5.93. The topological polar surface area (TPSA) is 61.2 Å². The number of aromatic nitrogens is 2. The molecule has 0 aliphatic heterocycles. The Hall–Kier alpha value is -2.34. The summed E-state index contributed by atoms with van der Waals surface area (Å²) in [5.41, 5.74) is 0.607. The number of hydrogen-bond acceptors (Lipinski definition) is 4. The summed E-state index contributed by atoms with van der Waals surface area (Å²) in [5, 5.41) is 0.782. The largest absolute Gasteiger partial charge is 0.497 e. The van der Waals surface area contributed by atoms with E-state index in [1.165, 1.54) is 29.4 Å². The van der Waals surface area contributed by atoms with E-state index in [-0.39, 0.29) is 4.90 Å². The van der Waals surface area contributed by atoms with Gasteiger partial charge in [0.05, 0.1) is 17.5 Å². The van der Waals surface area contributed by atoms with Crippen LogP contribution < -0.4 is 4.74 Å². The predicted molar refractivity (Wildman–Crippen MR) is 75.3 cm³/mol. The van der Waals surface area contributed by atoms with E-state index in [4.69, 9.17) is 4.74 Å². The fourth-order valence-electron chi connectivity index (χ4n) is 2.03. The van der Waals surface area contributed by atoms with Gasteiger partial charge in [0.1, 0.15) is 5.75 Å². The average molecular weight is 288 g/mol. The van der Waals surface area contributed by atoms with E-state index in [0.29, 0.717) is 11.3 Å². The maximum atomic E-state index is 12.6. The van der Waals surface area contributed by atoms with E-state index in [0.717, 1.165) is 5.39 Å². The van der Waals surface area contributed by atoms with Gasteiger partial charge in [0.25, 0.3) is 10.0 Å². The minimum atomic E-state index is -3.61. The number of ether oxygens (including phenoxy) is 1. The van der Waals surface area contributed by atoms with Crippen molar-refractivity contribution < 1.29 is 13.2 Å². The molecule has 0 unspecified atom stereocenters. The molecule has 20 heavy (non-hydrogen) atoms. The zero-order valence-electron chi connectivity index (χ0n) is 10.7. The Morgan fingerprint density at radius 2 is 1.85 bits per heavy atom. The van der Waals surface area contributed by atoms with Gasteiger partial charge in [-0.15, -0.1) is 0 Å². The molecule has 3 aromatic rings. The molecule has 2 aromatic heterocycles. The molecule has 0 fully saturated rings. The summed E-state index contributed by atoms with van der Waals surface area (Å²) in [6.07, 6.45) is 4.74. The number of nitrogens with zero attached hydrogens (tertiary/aromatic N) is 2. The molecule has 0 amide bonds. The van der Waals surface area contributed by atoms with E-state index < -0.39 is 10.0 Å². The normalized spacial score (nSPS) is 11.7. The molecule has 6 heteroatoms. The van der Waals surface area contributed by atoms with Crippen molar-refractivity contribution in [2.75, 3.05) is 7.11 Å². The van der Waals surface area contributed by atoms with Gasteiger partial charge >= 0.3 is 0 Å². The van der Waals surface area contributed by atoms with Crippen molar-refractivity contribution in [1.82, 2.24) is 8.96 Å². The van der Waals surface area contributed by atoms with Crippen molar-refractivity contribution in [2.24, 2.45) is 0 Å². The summed E-state index contributed by atoms with van der Waals surface area (Å²) in [7, 11) is -2.08. The van der Waals surface area contributed by atoms with Gasteiger partial charge in [-0.2, -0.15) is 0 Å². The van der Waals surface area contributed by atoms with Crippen molar-refractivity contribution in [1.29, 1.82) is 0 Å². The quantitative estimate of drug-likeness (QED) is 0.742. The smallest absolute Gasteiger partial charge is 0.268 e. The lowest BCUT2D eigenvalue weighted by atomic mass is 10.3. The van der Waals surface area contributed by atoms with E-state index >= 15 is 0 Å². The van der Waals surface area contributed by atoms with Gasteiger partial charge in [0.2, 0.25) is 0 Å². The third-order valence-electron chi connectivity index (χ3n) is 3.07. The Morgan fingerprint density at radius 3 is 2.55 bits per heavy atom. The summed E-state index contributed by atoms with van der Waals surface area (Å²) in [6.45, 7) is 0. The molecule has 5 nitrogen and oxygen atoms in total.